The van der Waals surface area contributed by atoms with Gasteiger partial charge in [-0.1, -0.05) is 13.8 Å². The van der Waals surface area contributed by atoms with Crippen LogP contribution in [-0.4, -0.2) is 25.6 Å². The van der Waals surface area contributed by atoms with Crippen LogP contribution < -0.4 is 14.8 Å². The van der Waals surface area contributed by atoms with Gasteiger partial charge in [-0.2, -0.15) is 0 Å². The van der Waals surface area contributed by atoms with E-state index in [1.165, 1.54) is 24.3 Å². The lowest BCUT2D eigenvalue weighted by Crippen LogP contribution is -2.23. The molecule has 1 N–H and O–H groups in total. The third-order valence-corrected chi connectivity index (χ3v) is 2.45. The highest BCUT2D eigenvalue weighted by Crippen LogP contribution is 2.24. The Hall–Kier alpha value is -1.43. The van der Waals surface area contributed by atoms with Gasteiger partial charge in [-0.05, 0) is 43.7 Å². The molecule has 3 nitrogen and oxygen atoms in total. The minimum atomic E-state index is -4.66. The van der Waals surface area contributed by atoms with Gasteiger partial charge in [0.15, 0.2) is 0 Å². The van der Waals surface area contributed by atoms with E-state index >= 15 is 0 Å². The molecule has 0 saturated heterocycles. The lowest BCUT2D eigenvalue weighted by molar-refractivity contribution is -0.274. The van der Waals surface area contributed by atoms with Crippen molar-refractivity contribution in [1.82, 2.24) is 5.32 Å². The molecule has 114 valence electrons. The zero-order valence-corrected chi connectivity index (χ0v) is 11.7. The molecule has 1 aromatic carbocycles. The standard InChI is InChI=1S/C14H20F3NO2/c1-11(2)18-9-3-4-10-19-12-5-7-13(8-6-12)20-14(15,16)17/h5-8,11,18H,3-4,9-10H2,1-2H3. The molecule has 1 rings (SSSR count). The van der Waals surface area contributed by atoms with E-state index in [0.29, 0.717) is 18.4 Å². The fourth-order valence-electron chi connectivity index (χ4n) is 1.55. The van der Waals surface area contributed by atoms with E-state index in [-0.39, 0.29) is 5.75 Å². The summed E-state index contributed by atoms with van der Waals surface area (Å²) in [7, 11) is 0. The van der Waals surface area contributed by atoms with E-state index < -0.39 is 6.36 Å². The quantitative estimate of drug-likeness (QED) is 0.740. The van der Waals surface area contributed by atoms with Gasteiger partial charge in [0.25, 0.3) is 0 Å². The minimum absolute atomic E-state index is 0.244. The van der Waals surface area contributed by atoms with E-state index in [0.717, 1.165) is 19.4 Å². The van der Waals surface area contributed by atoms with Crippen LogP contribution in [0, 0.1) is 0 Å². The molecule has 0 radical (unpaired) electrons. The highest BCUT2D eigenvalue weighted by Gasteiger charge is 2.30. The SMILES string of the molecule is CC(C)NCCCCOc1ccc(OC(F)(F)F)cc1. The normalized spacial score (nSPS) is 11.7. The Morgan fingerprint density at radius 1 is 1.05 bits per heavy atom. The number of hydrogen-bond acceptors (Lipinski definition) is 3. The second-order valence-corrected chi connectivity index (χ2v) is 4.68. The van der Waals surface area contributed by atoms with Gasteiger partial charge in [0.05, 0.1) is 6.61 Å². The molecule has 0 spiro atoms. The number of unbranched alkanes of at least 4 members (excludes halogenated alkanes) is 1. The van der Waals surface area contributed by atoms with Gasteiger partial charge < -0.3 is 14.8 Å². The Kier molecular flexibility index (Phi) is 6.64. The molecule has 0 aliphatic carbocycles. The van der Waals surface area contributed by atoms with Gasteiger partial charge in [-0.3, -0.25) is 0 Å². The zero-order valence-electron chi connectivity index (χ0n) is 11.7. The number of ether oxygens (including phenoxy) is 2. The van der Waals surface area contributed by atoms with Crippen molar-refractivity contribution in [1.29, 1.82) is 0 Å². The number of benzene rings is 1. The smallest absolute Gasteiger partial charge is 0.494 e. The van der Waals surface area contributed by atoms with Crippen LogP contribution in [0.3, 0.4) is 0 Å². The highest BCUT2D eigenvalue weighted by atomic mass is 19.4. The predicted octanol–water partition coefficient (Wildman–Crippen LogP) is 3.74. The molecule has 0 bridgehead atoms. The molecule has 0 aliphatic heterocycles. The first kappa shape index (κ1) is 16.6. The summed E-state index contributed by atoms with van der Waals surface area (Å²) >= 11 is 0. The zero-order chi connectivity index (χ0) is 15.0. The van der Waals surface area contributed by atoms with Crippen molar-refractivity contribution in [2.45, 2.75) is 39.1 Å². The molecule has 20 heavy (non-hydrogen) atoms. The Morgan fingerprint density at radius 3 is 2.20 bits per heavy atom. The molecule has 0 heterocycles. The first-order valence-corrected chi connectivity index (χ1v) is 6.59. The molecular weight excluding hydrogens is 271 g/mol. The Morgan fingerprint density at radius 2 is 1.65 bits per heavy atom. The summed E-state index contributed by atoms with van der Waals surface area (Å²) in [5.74, 6) is 0.294. The van der Waals surface area contributed by atoms with E-state index in [4.69, 9.17) is 4.74 Å². The van der Waals surface area contributed by atoms with E-state index in [1.54, 1.807) is 0 Å². The summed E-state index contributed by atoms with van der Waals surface area (Å²) < 4.78 is 45.1. The van der Waals surface area contributed by atoms with E-state index in [2.05, 4.69) is 23.9 Å². The van der Waals surface area contributed by atoms with Crippen LogP contribution in [0.15, 0.2) is 24.3 Å². The molecule has 0 aromatic heterocycles. The largest absolute Gasteiger partial charge is 0.573 e. The molecule has 0 aliphatic rings. The Labute approximate surface area is 117 Å². The first-order valence-electron chi connectivity index (χ1n) is 6.59. The number of hydrogen-bond donors (Lipinski definition) is 1. The number of alkyl halides is 3. The lowest BCUT2D eigenvalue weighted by atomic mass is 10.3. The minimum Gasteiger partial charge on any atom is -0.494 e. The maximum atomic E-state index is 12.0. The molecule has 0 saturated carbocycles. The predicted molar refractivity (Wildman–Crippen MR) is 71.0 cm³/mol. The molecule has 0 amide bonds. The topological polar surface area (TPSA) is 30.5 Å². The highest BCUT2D eigenvalue weighted by molar-refractivity contribution is 5.31. The molecule has 0 fully saturated rings. The van der Waals surface area contributed by atoms with Gasteiger partial charge in [-0.15, -0.1) is 13.2 Å². The molecule has 0 unspecified atom stereocenters. The summed E-state index contributed by atoms with van der Waals surface area (Å²) in [6.45, 7) is 5.64. The average Bonchev–Trinajstić information content (AvgIpc) is 2.33. The van der Waals surface area contributed by atoms with Crippen molar-refractivity contribution < 1.29 is 22.6 Å². The third-order valence-electron chi connectivity index (χ3n) is 2.45. The van der Waals surface area contributed by atoms with Crippen molar-refractivity contribution in [2.24, 2.45) is 0 Å². The average molecular weight is 291 g/mol. The van der Waals surface area contributed by atoms with Gasteiger partial charge in [0.2, 0.25) is 0 Å². The van der Waals surface area contributed by atoms with Crippen molar-refractivity contribution in [2.75, 3.05) is 13.2 Å². The van der Waals surface area contributed by atoms with Crippen LogP contribution in [0.5, 0.6) is 11.5 Å². The van der Waals surface area contributed by atoms with Crippen LogP contribution in [0.25, 0.3) is 0 Å². The first-order chi connectivity index (χ1) is 9.37. The second kappa shape index (κ2) is 7.99. The van der Waals surface area contributed by atoms with Crippen molar-refractivity contribution in [3.8, 4) is 11.5 Å². The second-order valence-electron chi connectivity index (χ2n) is 4.68. The van der Waals surface area contributed by atoms with Crippen LogP contribution in [0.1, 0.15) is 26.7 Å². The molecule has 6 heteroatoms. The van der Waals surface area contributed by atoms with Crippen LogP contribution in [-0.2, 0) is 0 Å². The van der Waals surface area contributed by atoms with Crippen LogP contribution in [0.4, 0.5) is 13.2 Å². The Balaban J connectivity index is 2.21. The molecule has 1 aromatic rings. The fourth-order valence-corrected chi connectivity index (χ4v) is 1.55. The van der Waals surface area contributed by atoms with Gasteiger partial charge in [0.1, 0.15) is 11.5 Å². The van der Waals surface area contributed by atoms with Crippen LogP contribution in [0.2, 0.25) is 0 Å². The lowest BCUT2D eigenvalue weighted by Gasteiger charge is -2.10. The van der Waals surface area contributed by atoms with Crippen molar-refractivity contribution in [3.63, 3.8) is 0 Å². The summed E-state index contributed by atoms with van der Waals surface area (Å²) in [6, 6.07) is 5.88. The molecular formula is C14H20F3NO2. The maximum Gasteiger partial charge on any atom is 0.573 e. The third kappa shape index (κ3) is 7.89. The monoisotopic (exact) mass is 291 g/mol. The number of rotatable bonds is 8. The number of nitrogens with one attached hydrogen (secondary N) is 1. The van der Waals surface area contributed by atoms with Crippen molar-refractivity contribution in [3.05, 3.63) is 24.3 Å². The number of halogens is 3. The Bertz CT molecular complexity index is 377. The summed E-state index contributed by atoms with van der Waals surface area (Å²) in [5, 5.41) is 3.29. The van der Waals surface area contributed by atoms with Gasteiger partial charge in [-0.25, -0.2) is 0 Å². The summed E-state index contributed by atoms with van der Waals surface area (Å²) in [6.07, 6.45) is -2.78. The fraction of sp³-hybridized carbons (Fsp3) is 0.571. The van der Waals surface area contributed by atoms with Crippen molar-refractivity contribution >= 4 is 0 Å². The molecule has 0 atom stereocenters. The van der Waals surface area contributed by atoms with E-state index in [1.807, 2.05) is 0 Å². The summed E-state index contributed by atoms with van der Waals surface area (Å²) in [4.78, 5) is 0. The van der Waals surface area contributed by atoms with Gasteiger partial charge in [0, 0.05) is 6.04 Å². The van der Waals surface area contributed by atoms with Crippen LogP contribution >= 0.6 is 0 Å². The maximum absolute atomic E-state index is 12.0. The van der Waals surface area contributed by atoms with E-state index in [9.17, 15) is 13.2 Å². The summed E-state index contributed by atoms with van der Waals surface area (Å²) in [5.41, 5.74) is 0. The van der Waals surface area contributed by atoms with Gasteiger partial charge >= 0.3 is 6.36 Å².